The Balaban J connectivity index is 1.71. The molecule has 1 atom stereocenters. The number of hydrogen-bond acceptors (Lipinski definition) is 3. The van der Waals surface area contributed by atoms with E-state index in [2.05, 4.69) is 68.2 Å². The summed E-state index contributed by atoms with van der Waals surface area (Å²) in [5, 5.41) is 2.39. The second-order valence-corrected chi connectivity index (χ2v) is 11.4. The van der Waals surface area contributed by atoms with Crippen molar-refractivity contribution in [1.82, 2.24) is 4.90 Å². The van der Waals surface area contributed by atoms with Crippen molar-refractivity contribution in [2.75, 3.05) is 19.3 Å². The van der Waals surface area contributed by atoms with Gasteiger partial charge < -0.3 is 9.16 Å². The maximum Gasteiger partial charge on any atom is 0.201 e. The van der Waals surface area contributed by atoms with E-state index in [1.54, 1.807) is 0 Å². The van der Waals surface area contributed by atoms with Crippen molar-refractivity contribution in [3.63, 3.8) is 0 Å². The Labute approximate surface area is 140 Å². The van der Waals surface area contributed by atoms with Crippen LogP contribution >= 0.6 is 0 Å². The molecule has 0 aromatic heterocycles. The molecule has 1 fully saturated rings. The Morgan fingerprint density at radius 3 is 2.70 bits per heavy atom. The first-order valence-electron chi connectivity index (χ1n) is 8.47. The lowest BCUT2D eigenvalue weighted by atomic mass is 10.1. The van der Waals surface area contributed by atoms with E-state index in [0.717, 1.165) is 18.5 Å². The van der Waals surface area contributed by atoms with Gasteiger partial charge in [0.05, 0.1) is 6.10 Å². The summed E-state index contributed by atoms with van der Waals surface area (Å²) in [6.07, 6.45) is 1.27. The normalized spacial score (nSPS) is 21.7. The van der Waals surface area contributed by atoms with E-state index in [-0.39, 0.29) is 6.10 Å². The summed E-state index contributed by atoms with van der Waals surface area (Å²) in [5.74, 6) is 0.952. The zero-order valence-electron chi connectivity index (χ0n) is 14.6. The molecule has 2 aromatic carbocycles. The molecule has 0 radical (unpaired) electrons. The largest absolute Gasteiger partial charge is 0.490 e. The molecule has 1 aliphatic heterocycles. The summed E-state index contributed by atoms with van der Waals surface area (Å²) < 4.78 is 12.5. The summed E-state index contributed by atoms with van der Waals surface area (Å²) in [7, 11) is -1.63. The highest BCUT2D eigenvalue weighted by Gasteiger charge is 2.36. The minimum atomic E-state index is -1.63. The molecule has 1 unspecified atom stereocenters. The molecule has 0 saturated carbocycles. The van der Waals surface area contributed by atoms with Crippen molar-refractivity contribution in [2.45, 2.75) is 39.1 Å². The molecule has 4 heteroatoms. The molecule has 1 heterocycles. The molecule has 3 rings (SSSR count). The quantitative estimate of drug-likeness (QED) is 0.789. The number of ether oxygens (including phenoxy) is 1. The first-order chi connectivity index (χ1) is 10.9. The van der Waals surface area contributed by atoms with Crippen LogP contribution < -0.4 is 4.74 Å². The first-order valence-corrected chi connectivity index (χ1v) is 11.6. The van der Waals surface area contributed by atoms with E-state index in [1.807, 2.05) is 6.07 Å². The number of benzene rings is 2. The molecule has 0 aliphatic carbocycles. The highest BCUT2D eigenvalue weighted by molar-refractivity contribution is 6.71. The van der Waals surface area contributed by atoms with Crippen LogP contribution in [0.4, 0.5) is 0 Å². The lowest BCUT2D eigenvalue weighted by molar-refractivity contribution is 0.0448. The van der Waals surface area contributed by atoms with E-state index in [0.29, 0.717) is 12.6 Å². The third-order valence-corrected chi connectivity index (χ3v) is 6.55. The SMILES string of the molecule is CC(C)N1CC(COc2cccc3ccccc23)O[Si](C)(C)C1. The maximum atomic E-state index is 6.36. The summed E-state index contributed by atoms with van der Waals surface area (Å²) >= 11 is 0. The average molecular weight is 330 g/mol. The van der Waals surface area contributed by atoms with E-state index in [9.17, 15) is 0 Å². The van der Waals surface area contributed by atoms with Crippen LogP contribution in [0.1, 0.15) is 13.8 Å². The van der Waals surface area contributed by atoms with Crippen LogP contribution in [0.3, 0.4) is 0 Å². The highest BCUT2D eigenvalue weighted by Crippen LogP contribution is 2.26. The minimum absolute atomic E-state index is 0.159. The third-order valence-electron chi connectivity index (χ3n) is 4.41. The number of rotatable bonds is 4. The van der Waals surface area contributed by atoms with E-state index in [1.165, 1.54) is 10.8 Å². The summed E-state index contributed by atoms with van der Waals surface area (Å²) in [5.41, 5.74) is 0. The van der Waals surface area contributed by atoms with Gasteiger partial charge in [0.1, 0.15) is 12.4 Å². The van der Waals surface area contributed by atoms with Crippen molar-refractivity contribution in [3.05, 3.63) is 42.5 Å². The number of fused-ring (bicyclic) bond motifs is 1. The number of nitrogens with zero attached hydrogens (tertiary/aromatic N) is 1. The zero-order valence-corrected chi connectivity index (χ0v) is 15.6. The summed E-state index contributed by atoms with van der Waals surface area (Å²) in [6, 6.07) is 15.1. The Bertz CT molecular complexity index is 666. The van der Waals surface area contributed by atoms with Gasteiger partial charge in [-0.15, -0.1) is 0 Å². The second kappa shape index (κ2) is 6.63. The maximum absolute atomic E-state index is 6.36. The van der Waals surface area contributed by atoms with Crippen LogP contribution in [-0.4, -0.2) is 44.7 Å². The average Bonchev–Trinajstić information content (AvgIpc) is 2.51. The molecule has 1 aliphatic rings. The smallest absolute Gasteiger partial charge is 0.201 e. The molecule has 3 nitrogen and oxygen atoms in total. The van der Waals surface area contributed by atoms with Gasteiger partial charge in [-0.25, -0.2) is 0 Å². The van der Waals surface area contributed by atoms with Crippen LogP contribution in [0.15, 0.2) is 42.5 Å². The molecule has 0 spiro atoms. The molecule has 124 valence electrons. The van der Waals surface area contributed by atoms with Crippen molar-refractivity contribution >= 4 is 19.1 Å². The van der Waals surface area contributed by atoms with Crippen molar-refractivity contribution in [3.8, 4) is 5.75 Å². The lowest BCUT2D eigenvalue weighted by Crippen LogP contribution is -2.59. The fourth-order valence-electron chi connectivity index (χ4n) is 3.33. The van der Waals surface area contributed by atoms with Gasteiger partial charge in [0.15, 0.2) is 0 Å². The Hall–Kier alpha value is -1.36. The fraction of sp³-hybridized carbons (Fsp3) is 0.474. The Morgan fingerprint density at radius 2 is 1.91 bits per heavy atom. The minimum Gasteiger partial charge on any atom is -0.490 e. The topological polar surface area (TPSA) is 21.7 Å². The third kappa shape index (κ3) is 3.94. The molecule has 0 amide bonds. The van der Waals surface area contributed by atoms with Crippen LogP contribution in [0.2, 0.25) is 13.1 Å². The first kappa shape index (κ1) is 16.5. The van der Waals surface area contributed by atoms with Gasteiger partial charge in [-0.2, -0.15) is 0 Å². The van der Waals surface area contributed by atoms with Crippen molar-refractivity contribution < 1.29 is 9.16 Å². The molecule has 2 aromatic rings. The predicted octanol–water partition coefficient (Wildman–Crippen LogP) is 4.07. The molecule has 0 N–H and O–H groups in total. The monoisotopic (exact) mass is 329 g/mol. The van der Waals surface area contributed by atoms with E-state index >= 15 is 0 Å². The lowest BCUT2D eigenvalue weighted by Gasteiger charge is -2.43. The molecule has 1 saturated heterocycles. The van der Waals surface area contributed by atoms with Crippen molar-refractivity contribution in [1.29, 1.82) is 0 Å². The Morgan fingerprint density at radius 1 is 1.17 bits per heavy atom. The van der Waals surface area contributed by atoms with Gasteiger partial charge in [-0.05, 0) is 38.4 Å². The number of hydrogen-bond donors (Lipinski definition) is 0. The van der Waals surface area contributed by atoms with Crippen LogP contribution in [-0.2, 0) is 4.43 Å². The van der Waals surface area contributed by atoms with Gasteiger partial charge in [0.25, 0.3) is 0 Å². The van der Waals surface area contributed by atoms with Gasteiger partial charge in [-0.1, -0.05) is 36.4 Å². The van der Waals surface area contributed by atoms with Crippen LogP contribution in [0, 0.1) is 0 Å². The van der Waals surface area contributed by atoms with Gasteiger partial charge in [0.2, 0.25) is 8.32 Å². The van der Waals surface area contributed by atoms with Gasteiger partial charge >= 0.3 is 0 Å². The predicted molar refractivity (Wildman–Crippen MR) is 98.5 cm³/mol. The van der Waals surface area contributed by atoms with Crippen molar-refractivity contribution in [2.24, 2.45) is 0 Å². The van der Waals surface area contributed by atoms with Gasteiger partial charge in [0, 0.05) is 24.1 Å². The van der Waals surface area contributed by atoms with E-state index < -0.39 is 8.32 Å². The molecular formula is C19H27NO2Si. The molecule has 0 bridgehead atoms. The molecular weight excluding hydrogens is 302 g/mol. The standard InChI is InChI=1S/C19H27NO2Si/c1-15(2)20-12-17(22-23(3,4)14-20)13-21-19-11-7-9-16-8-5-6-10-18(16)19/h5-11,15,17H,12-14H2,1-4H3. The van der Waals surface area contributed by atoms with Gasteiger partial charge in [-0.3, -0.25) is 4.90 Å². The van der Waals surface area contributed by atoms with Crippen LogP contribution in [0.5, 0.6) is 5.75 Å². The fourth-order valence-corrected chi connectivity index (χ4v) is 5.92. The summed E-state index contributed by atoms with van der Waals surface area (Å²) in [4.78, 5) is 2.53. The summed E-state index contributed by atoms with van der Waals surface area (Å²) in [6.45, 7) is 10.7. The Kier molecular flexibility index (Phi) is 4.76. The second-order valence-electron chi connectivity index (χ2n) is 7.31. The zero-order chi connectivity index (χ0) is 16.4. The van der Waals surface area contributed by atoms with Crippen LogP contribution in [0.25, 0.3) is 10.8 Å². The van der Waals surface area contributed by atoms with E-state index in [4.69, 9.17) is 9.16 Å². The highest BCUT2D eigenvalue weighted by atomic mass is 28.4. The molecule has 23 heavy (non-hydrogen) atoms.